The lowest BCUT2D eigenvalue weighted by atomic mass is 9.77. The fraction of sp³-hybridized carbons (Fsp3) is 0.667. The zero-order valence-corrected chi connectivity index (χ0v) is 8.09. The van der Waals surface area contributed by atoms with E-state index < -0.39 is 17.2 Å². The number of hydrogen-bond acceptors (Lipinski definition) is 3. The van der Waals surface area contributed by atoms with Crippen LogP contribution in [0.4, 0.5) is 0 Å². The number of carbonyl (C=O) groups is 3. The van der Waals surface area contributed by atoms with Gasteiger partial charge in [0, 0.05) is 6.42 Å². The lowest BCUT2D eigenvalue weighted by molar-refractivity contribution is -0.156. The predicted octanol–water partition coefficient (Wildman–Crippen LogP) is 1.04. The second kappa shape index (κ2) is 4.16. The number of ketones is 2. The standard InChI is InChI=1S/C9H14O4/c1-4-9(7(3)11,8(12)13)5-6(2)10/h4-5H2,1-3H3,(H,12,13). The van der Waals surface area contributed by atoms with E-state index in [2.05, 4.69) is 0 Å². The van der Waals surface area contributed by atoms with Crippen molar-refractivity contribution in [2.45, 2.75) is 33.6 Å². The maximum Gasteiger partial charge on any atom is 0.317 e. The third kappa shape index (κ3) is 2.37. The van der Waals surface area contributed by atoms with Gasteiger partial charge in [-0.05, 0) is 20.3 Å². The van der Waals surface area contributed by atoms with Crippen LogP contribution in [-0.4, -0.2) is 22.6 Å². The van der Waals surface area contributed by atoms with Gasteiger partial charge in [-0.15, -0.1) is 0 Å². The highest BCUT2D eigenvalue weighted by Crippen LogP contribution is 2.28. The van der Waals surface area contributed by atoms with E-state index >= 15 is 0 Å². The number of rotatable bonds is 5. The molecule has 1 unspecified atom stereocenters. The van der Waals surface area contributed by atoms with Gasteiger partial charge in [0.2, 0.25) is 0 Å². The van der Waals surface area contributed by atoms with Gasteiger partial charge >= 0.3 is 5.97 Å². The van der Waals surface area contributed by atoms with E-state index in [1.165, 1.54) is 13.8 Å². The first kappa shape index (κ1) is 11.8. The van der Waals surface area contributed by atoms with E-state index in [9.17, 15) is 14.4 Å². The molecular weight excluding hydrogens is 172 g/mol. The fourth-order valence-electron chi connectivity index (χ4n) is 1.30. The Balaban J connectivity index is 4.98. The zero-order valence-electron chi connectivity index (χ0n) is 8.09. The van der Waals surface area contributed by atoms with Gasteiger partial charge in [-0.1, -0.05) is 6.92 Å². The van der Waals surface area contributed by atoms with Crippen molar-refractivity contribution in [1.82, 2.24) is 0 Å². The Morgan fingerprint density at radius 2 is 1.69 bits per heavy atom. The van der Waals surface area contributed by atoms with Crippen molar-refractivity contribution in [3.63, 3.8) is 0 Å². The molecule has 0 spiro atoms. The van der Waals surface area contributed by atoms with Crippen molar-refractivity contribution in [1.29, 1.82) is 0 Å². The molecule has 0 aliphatic carbocycles. The van der Waals surface area contributed by atoms with Gasteiger partial charge in [0.1, 0.15) is 17.0 Å². The highest BCUT2D eigenvalue weighted by atomic mass is 16.4. The van der Waals surface area contributed by atoms with Crippen LogP contribution in [0.3, 0.4) is 0 Å². The number of carboxylic acid groups (broad SMARTS) is 1. The Kier molecular flexibility index (Phi) is 3.78. The smallest absolute Gasteiger partial charge is 0.317 e. The third-order valence-electron chi connectivity index (χ3n) is 2.24. The normalized spacial score (nSPS) is 14.7. The van der Waals surface area contributed by atoms with Crippen LogP contribution in [0.2, 0.25) is 0 Å². The predicted molar refractivity (Wildman–Crippen MR) is 46.3 cm³/mol. The monoisotopic (exact) mass is 186 g/mol. The van der Waals surface area contributed by atoms with Gasteiger partial charge < -0.3 is 5.11 Å². The minimum absolute atomic E-state index is 0.150. The largest absolute Gasteiger partial charge is 0.480 e. The summed E-state index contributed by atoms with van der Waals surface area (Å²) in [6.07, 6.45) is -0.0641. The van der Waals surface area contributed by atoms with Crippen LogP contribution in [0.25, 0.3) is 0 Å². The summed E-state index contributed by atoms with van der Waals surface area (Å²) in [6.45, 7) is 4.09. The number of carboxylic acids is 1. The number of hydrogen-bond donors (Lipinski definition) is 1. The summed E-state index contributed by atoms with van der Waals surface area (Å²) < 4.78 is 0. The average molecular weight is 186 g/mol. The van der Waals surface area contributed by atoms with Crippen molar-refractivity contribution in [2.24, 2.45) is 5.41 Å². The second-order valence-corrected chi connectivity index (χ2v) is 3.18. The first-order valence-electron chi connectivity index (χ1n) is 4.10. The molecule has 0 bridgehead atoms. The van der Waals surface area contributed by atoms with E-state index in [1.807, 2.05) is 0 Å². The van der Waals surface area contributed by atoms with E-state index in [-0.39, 0.29) is 18.6 Å². The molecule has 0 aliphatic rings. The first-order chi connectivity index (χ1) is 5.86. The zero-order chi connectivity index (χ0) is 10.6. The quantitative estimate of drug-likeness (QED) is 0.651. The Morgan fingerprint density at radius 3 is 1.77 bits per heavy atom. The second-order valence-electron chi connectivity index (χ2n) is 3.18. The molecule has 0 amide bonds. The van der Waals surface area contributed by atoms with Gasteiger partial charge in [-0.3, -0.25) is 14.4 Å². The Bertz CT molecular complexity index is 228. The molecule has 0 rings (SSSR count). The number of aliphatic carboxylic acids is 1. The van der Waals surface area contributed by atoms with Crippen LogP contribution in [0.5, 0.6) is 0 Å². The van der Waals surface area contributed by atoms with Gasteiger partial charge in [0.15, 0.2) is 0 Å². The summed E-state index contributed by atoms with van der Waals surface area (Å²) in [6, 6.07) is 0. The fourth-order valence-corrected chi connectivity index (χ4v) is 1.30. The van der Waals surface area contributed by atoms with E-state index in [4.69, 9.17) is 5.11 Å². The molecule has 1 atom stereocenters. The van der Waals surface area contributed by atoms with Gasteiger partial charge in [0.05, 0.1) is 0 Å². The van der Waals surface area contributed by atoms with Crippen LogP contribution >= 0.6 is 0 Å². The van der Waals surface area contributed by atoms with E-state index in [1.54, 1.807) is 6.92 Å². The van der Waals surface area contributed by atoms with Crippen LogP contribution in [0, 0.1) is 5.41 Å². The lowest BCUT2D eigenvalue weighted by Crippen LogP contribution is -2.39. The molecule has 1 N–H and O–H groups in total. The topological polar surface area (TPSA) is 71.4 Å². The molecule has 4 nitrogen and oxygen atoms in total. The molecule has 13 heavy (non-hydrogen) atoms. The number of carbonyl (C=O) groups excluding carboxylic acids is 2. The Labute approximate surface area is 76.9 Å². The highest BCUT2D eigenvalue weighted by Gasteiger charge is 2.42. The molecule has 0 heterocycles. The SMILES string of the molecule is CCC(CC(C)=O)(C(C)=O)C(=O)O. The lowest BCUT2D eigenvalue weighted by Gasteiger charge is -2.23. The molecule has 0 aromatic rings. The first-order valence-corrected chi connectivity index (χ1v) is 4.10. The summed E-state index contributed by atoms with van der Waals surface area (Å²) in [5.41, 5.74) is -1.51. The van der Waals surface area contributed by atoms with Crippen LogP contribution in [-0.2, 0) is 14.4 Å². The van der Waals surface area contributed by atoms with Crippen molar-refractivity contribution < 1.29 is 19.5 Å². The molecular formula is C9H14O4. The third-order valence-corrected chi connectivity index (χ3v) is 2.24. The molecule has 0 saturated carbocycles. The summed E-state index contributed by atoms with van der Waals surface area (Å²) in [7, 11) is 0. The van der Waals surface area contributed by atoms with E-state index in [0.717, 1.165) is 0 Å². The van der Waals surface area contributed by atoms with Gasteiger partial charge in [0.25, 0.3) is 0 Å². The molecule has 0 aliphatic heterocycles. The van der Waals surface area contributed by atoms with Crippen LogP contribution < -0.4 is 0 Å². The molecule has 0 aromatic carbocycles. The summed E-state index contributed by atoms with van der Waals surface area (Å²) in [4.78, 5) is 32.8. The minimum Gasteiger partial charge on any atom is -0.480 e. The Morgan fingerprint density at radius 1 is 1.23 bits per heavy atom. The molecule has 0 fully saturated rings. The average Bonchev–Trinajstić information content (AvgIpc) is 1.98. The maximum atomic E-state index is 11.1. The van der Waals surface area contributed by atoms with E-state index in [0.29, 0.717) is 0 Å². The van der Waals surface area contributed by atoms with Crippen LogP contribution in [0.1, 0.15) is 33.6 Å². The van der Waals surface area contributed by atoms with Crippen molar-refractivity contribution in [3.05, 3.63) is 0 Å². The number of Topliss-reactive ketones (excluding diaryl/α,β-unsaturated/α-hetero) is 2. The van der Waals surface area contributed by atoms with Gasteiger partial charge in [-0.25, -0.2) is 0 Å². The maximum absolute atomic E-state index is 11.1. The summed E-state index contributed by atoms with van der Waals surface area (Å²) >= 11 is 0. The molecule has 0 saturated heterocycles. The summed E-state index contributed by atoms with van der Waals surface area (Å²) in [5, 5.41) is 8.87. The Hall–Kier alpha value is -1.19. The summed E-state index contributed by atoms with van der Waals surface area (Å²) in [5.74, 6) is -1.95. The van der Waals surface area contributed by atoms with Crippen LogP contribution in [0.15, 0.2) is 0 Å². The molecule has 74 valence electrons. The van der Waals surface area contributed by atoms with Crippen molar-refractivity contribution in [3.8, 4) is 0 Å². The van der Waals surface area contributed by atoms with Crippen molar-refractivity contribution in [2.75, 3.05) is 0 Å². The molecule has 0 radical (unpaired) electrons. The highest BCUT2D eigenvalue weighted by molar-refractivity contribution is 6.05. The van der Waals surface area contributed by atoms with Crippen molar-refractivity contribution >= 4 is 17.5 Å². The molecule has 4 heteroatoms. The molecule has 0 aromatic heterocycles. The minimum atomic E-state index is -1.51. The van der Waals surface area contributed by atoms with Gasteiger partial charge in [-0.2, -0.15) is 0 Å².